The quantitative estimate of drug-likeness (QED) is 0.837. The minimum atomic E-state index is -0.471. The van der Waals surface area contributed by atoms with Gasteiger partial charge in [-0.25, -0.2) is 0 Å². The molecule has 2 aromatic rings. The Morgan fingerprint density at radius 1 is 1.00 bits per heavy atom. The minimum Gasteiger partial charge on any atom is -0.381 e. The summed E-state index contributed by atoms with van der Waals surface area (Å²) in [6.07, 6.45) is 0. The molecule has 2 aromatic carbocycles. The molecule has 0 fully saturated rings. The van der Waals surface area contributed by atoms with Gasteiger partial charge in [-0.05, 0) is 36.1 Å². The van der Waals surface area contributed by atoms with Crippen molar-refractivity contribution in [1.82, 2.24) is 0 Å². The molecule has 1 aliphatic carbocycles. The lowest BCUT2D eigenvalue weighted by molar-refractivity contribution is -0.0588. The van der Waals surface area contributed by atoms with Gasteiger partial charge in [0.15, 0.2) is 0 Å². The van der Waals surface area contributed by atoms with Crippen LogP contribution < -0.4 is 0 Å². The first-order valence-electron chi connectivity index (χ1n) is 7.07. The van der Waals surface area contributed by atoms with Crippen LogP contribution in [-0.2, 0) is 15.1 Å². The van der Waals surface area contributed by atoms with E-state index in [1.165, 1.54) is 27.8 Å². The summed E-state index contributed by atoms with van der Waals surface area (Å²) in [6.45, 7) is 5.38. The summed E-state index contributed by atoms with van der Waals surface area (Å²) in [6, 6.07) is 14.9. The zero-order valence-electron chi connectivity index (χ0n) is 12.3. The molecule has 3 rings (SSSR count). The average Bonchev–Trinajstić information content (AvgIpc) is 2.73. The Bertz CT molecular complexity index is 625. The molecule has 20 heavy (non-hydrogen) atoms. The molecule has 0 aromatic heterocycles. The van der Waals surface area contributed by atoms with Crippen LogP contribution in [0.3, 0.4) is 0 Å². The van der Waals surface area contributed by atoms with Crippen LogP contribution >= 0.6 is 0 Å². The van der Waals surface area contributed by atoms with Gasteiger partial charge in [0.05, 0.1) is 6.61 Å². The highest BCUT2D eigenvalue weighted by Gasteiger charge is 2.45. The zero-order valence-corrected chi connectivity index (χ0v) is 12.3. The summed E-state index contributed by atoms with van der Waals surface area (Å²) in [5, 5.41) is 0. The fourth-order valence-corrected chi connectivity index (χ4v) is 3.42. The van der Waals surface area contributed by atoms with E-state index in [0.29, 0.717) is 13.2 Å². The van der Waals surface area contributed by atoms with Crippen molar-refractivity contribution in [2.24, 2.45) is 0 Å². The molecular formula is C18H20O2. The highest BCUT2D eigenvalue weighted by atomic mass is 16.5. The Balaban J connectivity index is 2.34. The minimum absolute atomic E-state index is 0.471. The molecule has 1 unspecified atom stereocenters. The van der Waals surface area contributed by atoms with Gasteiger partial charge in [0.25, 0.3) is 0 Å². The molecule has 0 aliphatic heterocycles. The number of benzene rings is 2. The van der Waals surface area contributed by atoms with E-state index in [-0.39, 0.29) is 0 Å². The number of methoxy groups -OCH3 is 1. The highest BCUT2D eigenvalue weighted by Crippen LogP contribution is 2.50. The Hall–Kier alpha value is -1.64. The van der Waals surface area contributed by atoms with Gasteiger partial charge < -0.3 is 9.47 Å². The van der Waals surface area contributed by atoms with Gasteiger partial charge in [-0.1, -0.05) is 42.5 Å². The topological polar surface area (TPSA) is 18.5 Å². The van der Waals surface area contributed by atoms with Gasteiger partial charge in [-0.2, -0.15) is 0 Å². The molecule has 2 heteroatoms. The Morgan fingerprint density at radius 3 is 2.50 bits per heavy atom. The molecule has 0 bridgehead atoms. The third-order valence-corrected chi connectivity index (χ3v) is 4.07. The second-order valence-corrected chi connectivity index (χ2v) is 5.24. The number of rotatable bonds is 4. The SMILES string of the molecule is CCOC1(COC)c2ccccc2-c2cccc(C)c21. The van der Waals surface area contributed by atoms with E-state index in [1.807, 2.05) is 6.92 Å². The molecule has 2 nitrogen and oxygen atoms in total. The molecule has 0 saturated carbocycles. The van der Waals surface area contributed by atoms with Crippen LogP contribution in [0.1, 0.15) is 23.6 Å². The number of ether oxygens (including phenoxy) is 2. The fourth-order valence-electron chi connectivity index (χ4n) is 3.42. The molecule has 104 valence electrons. The Labute approximate surface area is 120 Å². The zero-order chi connectivity index (χ0) is 14.2. The number of hydrogen-bond donors (Lipinski definition) is 0. The number of aryl methyl sites for hydroxylation is 1. The van der Waals surface area contributed by atoms with Crippen molar-refractivity contribution in [3.63, 3.8) is 0 Å². The molecule has 0 radical (unpaired) electrons. The lowest BCUT2D eigenvalue weighted by Crippen LogP contribution is -2.35. The van der Waals surface area contributed by atoms with Crippen molar-refractivity contribution < 1.29 is 9.47 Å². The van der Waals surface area contributed by atoms with Gasteiger partial charge >= 0.3 is 0 Å². The van der Waals surface area contributed by atoms with Crippen molar-refractivity contribution in [2.75, 3.05) is 20.3 Å². The van der Waals surface area contributed by atoms with Gasteiger partial charge in [0, 0.05) is 19.3 Å². The maximum Gasteiger partial charge on any atom is 0.143 e. The van der Waals surface area contributed by atoms with E-state index in [1.54, 1.807) is 7.11 Å². The van der Waals surface area contributed by atoms with Crippen LogP contribution in [0.4, 0.5) is 0 Å². The first-order chi connectivity index (χ1) is 9.74. The van der Waals surface area contributed by atoms with Gasteiger partial charge in [0.1, 0.15) is 5.60 Å². The summed E-state index contributed by atoms with van der Waals surface area (Å²) in [4.78, 5) is 0. The lowest BCUT2D eigenvalue weighted by Gasteiger charge is -2.32. The third kappa shape index (κ3) is 1.72. The van der Waals surface area contributed by atoms with Crippen molar-refractivity contribution in [3.05, 3.63) is 59.2 Å². The average molecular weight is 268 g/mol. The largest absolute Gasteiger partial charge is 0.381 e. The summed E-state index contributed by atoms with van der Waals surface area (Å²) >= 11 is 0. The van der Waals surface area contributed by atoms with Crippen molar-refractivity contribution >= 4 is 0 Å². The molecule has 0 N–H and O–H groups in total. The second-order valence-electron chi connectivity index (χ2n) is 5.24. The van der Waals surface area contributed by atoms with Crippen molar-refractivity contribution in [1.29, 1.82) is 0 Å². The number of hydrogen-bond acceptors (Lipinski definition) is 2. The summed E-state index contributed by atoms with van der Waals surface area (Å²) in [7, 11) is 1.74. The van der Waals surface area contributed by atoms with Crippen LogP contribution in [0.25, 0.3) is 11.1 Å². The van der Waals surface area contributed by atoms with E-state index >= 15 is 0 Å². The predicted octanol–water partition coefficient (Wildman–Crippen LogP) is 3.90. The predicted molar refractivity (Wildman–Crippen MR) is 80.9 cm³/mol. The molecule has 0 spiro atoms. The van der Waals surface area contributed by atoms with Crippen LogP contribution in [-0.4, -0.2) is 20.3 Å². The monoisotopic (exact) mass is 268 g/mol. The van der Waals surface area contributed by atoms with Gasteiger partial charge in [0.2, 0.25) is 0 Å². The van der Waals surface area contributed by atoms with Crippen LogP contribution in [0.2, 0.25) is 0 Å². The van der Waals surface area contributed by atoms with Crippen LogP contribution in [0.5, 0.6) is 0 Å². The normalized spacial score (nSPS) is 19.8. The van der Waals surface area contributed by atoms with E-state index in [4.69, 9.17) is 9.47 Å². The first-order valence-corrected chi connectivity index (χ1v) is 7.07. The van der Waals surface area contributed by atoms with E-state index in [9.17, 15) is 0 Å². The van der Waals surface area contributed by atoms with Gasteiger partial charge in [-0.15, -0.1) is 0 Å². The van der Waals surface area contributed by atoms with E-state index in [2.05, 4.69) is 49.4 Å². The summed E-state index contributed by atoms with van der Waals surface area (Å²) in [5.74, 6) is 0. The van der Waals surface area contributed by atoms with Gasteiger partial charge in [-0.3, -0.25) is 0 Å². The molecule has 0 amide bonds. The first kappa shape index (κ1) is 13.3. The van der Waals surface area contributed by atoms with Crippen LogP contribution in [0.15, 0.2) is 42.5 Å². The lowest BCUT2D eigenvalue weighted by atomic mass is 9.89. The number of fused-ring (bicyclic) bond motifs is 3. The molecule has 1 aliphatic rings. The van der Waals surface area contributed by atoms with E-state index < -0.39 is 5.60 Å². The smallest absolute Gasteiger partial charge is 0.143 e. The Kier molecular flexibility index (Phi) is 3.36. The Morgan fingerprint density at radius 2 is 1.75 bits per heavy atom. The molecule has 0 saturated heterocycles. The van der Waals surface area contributed by atoms with Crippen molar-refractivity contribution in [2.45, 2.75) is 19.4 Å². The molecular weight excluding hydrogens is 248 g/mol. The summed E-state index contributed by atoms with van der Waals surface area (Å²) < 4.78 is 11.8. The molecule has 1 atom stereocenters. The molecule has 0 heterocycles. The highest BCUT2D eigenvalue weighted by molar-refractivity contribution is 5.81. The summed E-state index contributed by atoms with van der Waals surface area (Å²) in [5.41, 5.74) is 5.78. The van der Waals surface area contributed by atoms with E-state index in [0.717, 1.165) is 0 Å². The third-order valence-electron chi connectivity index (χ3n) is 4.07. The standard InChI is InChI=1S/C18H20O2/c1-4-20-18(12-19-3)16-11-6-5-9-14(16)15-10-7-8-13(2)17(15)18/h5-11H,4,12H2,1-3H3. The van der Waals surface area contributed by atoms with Crippen molar-refractivity contribution in [3.8, 4) is 11.1 Å². The van der Waals surface area contributed by atoms with Crippen LogP contribution in [0, 0.1) is 6.92 Å². The second kappa shape index (κ2) is 5.04. The maximum absolute atomic E-state index is 6.24. The fraction of sp³-hybridized carbons (Fsp3) is 0.333. The maximum atomic E-state index is 6.24.